The molecule has 5 heteroatoms. The molecule has 0 aliphatic rings. The number of hydrogen-bond donors (Lipinski definition) is 1. The molecule has 0 amide bonds. The predicted octanol–water partition coefficient (Wildman–Crippen LogP) is 3.73. The Labute approximate surface area is 135 Å². The van der Waals surface area contributed by atoms with Crippen LogP contribution in [0.2, 0.25) is 0 Å². The second-order valence-corrected chi connectivity index (χ2v) is 5.99. The van der Waals surface area contributed by atoms with Crippen LogP contribution < -0.4 is 5.32 Å². The molecule has 114 valence electrons. The topological polar surface area (TPSA) is 42.7 Å². The normalized spacial score (nSPS) is 12.5. The number of hydrogen-bond acceptors (Lipinski definition) is 3. The van der Waals surface area contributed by atoms with Gasteiger partial charge in [0.25, 0.3) is 0 Å². The van der Waals surface area contributed by atoms with Crippen LogP contribution in [0.25, 0.3) is 0 Å². The number of halogens is 1. The van der Waals surface area contributed by atoms with E-state index in [-0.39, 0.29) is 6.04 Å². The van der Waals surface area contributed by atoms with Gasteiger partial charge in [-0.3, -0.25) is 9.67 Å². The highest BCUT2D eigenvalue weighted by Crippen LogP contribution is 2.26. The van der Waals surface area contributed by atoms with Crippen molar-refractivity contribution in [3.05, 3.63) is 46.5 Å². The lowest BCUT2D eigenvalue weighted by molar-refractivity contribution is 0.464. The highest BCUT2D eigenvalue weighted by atomic mass is 79.9. The lowest BCUT2D eigenvalue weighted by Crippen LogP contribution is -2.27. The molecule has 2 rings (SSSR count). The van der Waals surface area contributed by atoms with Gasteiger partial charge in [0.1, 0.15) is 0 Å². The number of rotatable bonds is 8. The fraction of sp³-hybridized carbons (Fsp3) is 0.500. The summed E-state index contributed by atoms with van der Waals surface area (Å²) in [6.07, 6.45) is 6.80. The molecule has 1 atom stereocenters. The van der Waals surface area contributed by atoms with Gasteiger partial charge in [0.15, 0.2) is 0 Å². The number of nitrogens with zero attached hydrogens (tertiary/aromatic N) is 3. The van der Waals surface area contributed by atoms with Crippen LogP contribution in [-0.4, -0.2) is 21.3 Å². The Morgan fingerprint density at radius 2 is 2.14 bits per heavy atom. The summed E-state index contributed by atoms with van der Waals surface area (Å²) >= 11 is 3.65. The molecule has 0 aliphatic heterocycles. The Morgan fingerprint density at radius 3 is 2.81 bits per heavy atom. The first-order valence-electron chi connectivity index (χ1n) is 7.60. The van der Waals surface area contributed by atoms with Gasteiger partial charge in [-0.05, 0) is 47.4 Å². The van der Waals surface area contributed by atoms with Crippen LogP contribution in [-0.2, 0) is 13.0 Å². The molecule has 0 aliphatic carbocycles. The Hall–Kier alpha value is -1.20. The maximum Gasteiger partial charge on any atom is 0.0699 e. The van der Waals surface area contributed by atoms with Crippen LogP contribution >= 0.6 is 15.9 Å². The van der Waals surface area contributed by atoms with Gasteiger partial charge in [0.05, 0.1) is 22.4 Å². The molecule has 0 radical (unpaired) electrons. The molecule has 0 spiro atoms. The maximum absolute atomic E-state index is 4.49. The average molecular weight is 351 g/mol. The molecule has 0 aromatic carbocycles. The van der Waals surface area contributed by atoms with E-state index in [2.05, 4.69) is 55.9 Å². The van der Waals surface area contributed by atoms with E-state index in [1.54, 1.807) is 0 Å². The quantitative estimate of drug-likeness (QED) is 0.788. The van der Waals surface area contributed by atoms with E-state index < -0.39 is 0 Å². The van der Waals surface area contributed by atoms with Gasteiger partial charge in [-0.1, -0.05) is 19.9 Å². The monoisotopic (exact) mass is 350 g/mol. The van der Waals surface area contributed by atoms with Crippen LogP contribution in [0.5, 0.6) is 0 Å². The second kappa shape index (κ2) is 8.29. The summed E-state index contributed by atoms with van der Waals surface area (Å²) < 4.78 is 3.17. The van der Waals surface area contributed by atoms with E-state index in [0.717, 1.165) is 42.5 Å². The van der Waals surface area contributed by atoms with E-state index in [0.29, 0.717) is 0 Å². The molecule has 0 fully saturated rings. The molecular formula is C16H23BrN4. The van der Waals surface area contributed by atoms with E-state index in [4.69, 9.17) is 0 Å². The summed E-state index contributed by atoms with van der Waals surface area (Å²) in [5.74, 6) is 0. The molecule has 0 bridgehead atoms. The molecule has 1 N–H and O–H groups in total. The van der Waals surface area contributed by atoms with Gasteiger partial charge in [0.2, 0.25) is 0 Å². The van der Waals surface area contributed by atoms with Gasteiger partial charge in [-0.15, -0.1) is 0 Å². The Kier molecular flexibility index (Phi) is 6.39. The van der Waals surface area contributed by atoms with E-state index in [1.165, 1.54) is 5.69 Å². The van der Waals surface area contributed by atoms with Crippen LogP contribution in [0.4, 0.5) is 0 Å². The first-order valence-corrected chi connectivity index (χ1v) is 8.40. The number of aromatic nitrogens is 3. The summed E-state index contributed by atoms with van der Waals surface area (Å²) in [4.78, 5) is 4.46. The van der Waals surface area contributed by atoms with Crippen molar-refractivity contribution in [2.24, 2.45) is 0 Å². The highest BCUT2D eigenvalue weighted by Gasteiger charge is 2.20. The smallest absolute Gasteiger partial charge is 0.0699 e. The Balaban J connectivity index is 2.25. The number of nitrogens with one attached hydrogen (secondary N) is 1. The zero-order valence-electron chi connectivity index (χ0n) is 12.7. The van der Waals surface area contributed by atoms with Crippen molar-refractivity contribution in [1.82, 2.24) is 20.1 Å². The minimum Gasteiger partial charge on any atom is -0.308 e. The van der Waals surface area contributed by atoms with Crippen molar-refractivity contribution >= 4 is 15.9 Å². The van der Waals surface area contributed by atoms with E-state index in [9.17, 15) is 0 Å². The molecule has 21 heavy (non-hydrogen) atoms. The second-order valence-electron chi connectivity index (χ2n) is 5.13. The van der Waals surface area contributed by atoms with Gasteiger partial charge in [-0.25, -0.2) is 0 Å². The zero-order chi connectivity index (χ0) is 15.1. The number of aryl methyl sites for hydroxylation is 1. The largest absolute Gasteiger partial charge is 0.308 e. The highest BCUT2D eigenvalue weighted by molar-refractivity contribution is 9.10. The van der Waals surface area contributed by atoms with Crippen LogP contribution in [0, 0.1) is 0 Å². The van der Waals surface area contributed by atoms with Gasteiger partial charge >= 0.3 is 0 Å². The lowest BCUT2D eigenvalue weighted by atomic mass is 10.1. The summed E-state index contributed by atoms with van der Waals surface area (Å²) in [6.45, 7) is 6.28. The lowest BCUT2D eigenvalue weighted by Gasteiger charge is -2.20. The summed E-state index contributed by atoms with van der Waals surface area (Å²) in [7, 11) is 0. The summed E-state index contributed by atoms with van der Waals surface area (Å²) in [5, 5.41) is 8.11. The van der Waals surface area contributed by atoms with Gasteiger partial charge < -0.3 is 5.32 Å². The van der Waals surface area contributed by atoms with E-state index >= 15 is 0 Å². The zero-order valence-corrected chi connectivity index (χ0v) is 14.3. The summed E-state index contributed by atoms with van der Waals surface area (Å²) in [6, 6.07) is 6.30. The molecule has 1 unspecified atom stereocenters. The van der Waals surface area contributed by atoms with Crippen molar-refractivity contribution in [1.29, 1.82) is 0 Å². The fourth-order valence-corrected chi connectivity index (χ4v) is 2.99. The first-order chi connectivity index (χ1) is 10.3. The van der Waals surface area contributed by atoms with Crippen molar-refractivity contribution in [3.8, 4) is 0 Å². The Bertz CT molecular complexity index is 538. The molecule has 4 nitrogen and oxygen atoms in total. The third-order valence-electron chi connectivity index (χ3n) is 3.38. The van der Waals surface area contributed by atoms with Crippen molar-refractivity contribution < 1.29 is 0 Å². The molecule has 0 saturated carbocycles. The molecule has 0 saturated heterocycles. The van der Waals surface area contributed by atoms with Gasteiger partial charge in [0, 0.05) is 24.9 Å². The Morgan fingerprint density at radius 1 is 1.29 bits per heavy atom. The third kappa shape index (κ3) is 4.38. The van der Waals surface area contributed by atoms with Gasteiger partial charge in [-0.2, -0.15) is 5.10 Å². The van der Waals surface area contributed by atoms with Crippen LogP contribution in [0.15, 0.2) is 35.1 Å². The molecule has 2 aromatic heterocycles. The summed E-state index contributed by atoms with van der Waals surface area (Å²) in [5.41, 5.74) is 2.32. The average Bonchev–Trinajstić information content (AvgIpc) is 2.86. The van der Waals surface area contributed by atoms with Crippen LogP contribution in [0.3, 0.4) is 0 Å². The van der Waals surface area contributed by atoms with Crippen LogP contribution in [0.1, 0.15) is 44.1 Å². The van der Waals surface area contributed by atoms with Crippen molar-refractivity contribution in [2.45, 2.75) is 45.7 Å². The van der Waals surface area contributed by atoms with Crippen molar-refractivity contribution in [2.75, 3.05) is 6.54 Å². The first kappa shape index (κ1) is 16.2. The minimum absolute atomic E-state index is 0.225. The fourth-order valence-electron chi connectivity index (χ4n) is 2.42. The maximum atomic E-state index is 4.49. The van der Waals surface area contributed by atoms with Crippen molar-refractivity contribution in [3.63, 3.8) is 0 Å². The number of pyridine rings is 1. The molecular weight excluding hydrogens is 328 g/mol. The SMILES string of the molecule is CCCNC(Cc1ccccn1)c1c(Br)cnn1CCC. The predicted molar refractivity (Wildman–Crippen MR) is 89.2 cm³/mol. The molecule has 2 aromatic rings. The third-order valence-corrected chi connectivity index (χ3v) is 3.99. The minimum atomic E-state index is 0.225. The molecule has 2 heterocycles. The van der Waals surface area contributed by atoms with E-state index in [1.807, 2.05) is 24.5 Å². The standard InChI is InChI=1S/C16H23BrN4/c1-3-8-19-15(11-13-7-5-6-9-18-13)16-14(17)12-20-21(16)10-4-2/h5-7,9,12,15,19H,3-4,8,10-11H2,1-2H3.